The van der Waals surface area contributed by atoms with Crippen LogP contribution in [0.1, 0.15) is 36.5 Å². The van der Waals surface area contributed by atoms with Crippen LogP contribution in [0.15, 0.2) is 30.5 Å². The molecule has 41 heavy (non-hydrogen) atoms. The van der Waals surface area contributed by atoms with E-state index < -0.39 is 34.0 Å². The normalized spacial score (nSPS) is 19.3. The van der Waals surface area contributed by atoms with Crippen molar-refractivity contribution < 1.29 is 27.4 Å². The number of carbonyl (C=O) groups excluding carboxylic acids is 1. The fraction of sp³-hybridized carbons (Fsp3) is 0.536. The first-order chi connectivity index (χ1) is 19.5. The van der Waals surface area contributed by atoms with Gasteiger partial charge in [0.2, 0.25) is 16.0 Å². The molecule has 2 aliphatic rings. The number of carbonyl (C=O) groups is 1. The Labute approximate surface area is 240 Å². The number of ether oxygens (including phenoxy) is 1. The number of pyridine rings is 2. The molecule has 0 bridgehead atoms. The number of hydrogen-bond acceptors (Lipinski definition) is 9. The van der Waals surface area contributed by atoms with Gasteiger partial charge in [0.05, 0.1) is 31.1 Å². The van der Waals surface area contributed by atoms with Gasteiger partial charge in [0.25, 0.3) is 5.91 Å². The molecule has 13 heteroatoms. The van der Waals surface area contributed by atoms with Crippen LogP contribution in [-0.2, 0) is 10.0 Å². The van der Waals surface area contributed by atoms with E-state index in [1.54, 1.807) is 6.07 Å². The highest BCUT2D eigenvalue weighted by molar-refractivity contribution is 7.92. The van der Waals surface area contributed by atoms with Crippen LogP contribution >= 0.6 is 0 Å². The minimum absolute atomic E-state index is 0.0770. The van der Waals surface area contributed by atoms with Crippen molar-refractivity contribution in [1.82, 2.24) is 20.6 Å². The van der Waals surface area contributed by atoms with Crippen LogP contribution < -0.4 is 25.0 Å². The maximum absolute atomic E-state index is 13.4. The molecular formula is C28H37FN6O5S. The zero-order valence-electron chi connectivity index (χ0n) is 23.4. The summed E-state index contributed by atoms with van der Waals surface area (Å²) in [5.41, 5.74) is 0.153. The Kier molecular flexibility index (Phi) is 10.0. The van der Waals surface area contributed by atoms with E-state index in [4.69, 9.17) is 4.74 Å². The lowest BCUT2D eigenvalue weighted by Gasteiger charge is -2.25. The van der Waals surface area contributed by atoms with E-state index in [1.165, 1.54) is 25.4 Å². The van der Waals surface area contributed by atoms with Crippen molar-refractivity contribution in [1.29, 1.82) is 0 Å². The van der Waals surface area contributed by atoms with Crippen molar-refractivity contribution in [3.05, 3.63) is 42.0 Å². The number of rotatable bonds is 14. The predicted octanol–water partition coefficient (Wildman–Crippen LogP) is 1.62. The third-order valence-corrected chi connectivity index (χ3v) is 8.26. The van der Waals surface area contributed by atoms with E-state index in [0.717, 1.165) is 35.9 Å². The predicted molar refractivity (Wildman–Crippen MR) is 154 cm³/mol. The summed E-state index contributed by atoms with van der Waals surface area (Å²) in [5.74, 6) is 7.20. The number of hydrogen-bond donors (Lipinski definition) is 4. The van der Waals surface area contributed by atoms with Crippen molar-refractivity contribution in [2.75, 3.05) is 49.2 Å². The summed E-state index contributed by atoms with van der Waals surface area (Å²) in [6, 6.07) is 4.58. The number of nitrogens with zero attached hydrogens (tertiary/aromatic N) is 3. The highest BCUT2D eigenvalue weighted by atomic mass is 32.2. The van der Waals surface area contributed by atoms with Crippen LogP contribution in [0.2, 0.25) is 0 Å². The number of nitrogens with one attached hydrogen (secondary N) is 3. The number of sulfonamides is 1. The Bertz CT molecular complexity index is 1380. The monoisotopic (exact) mass is 588 g/mol. The van der Waals surface area contributed by atoms with Crippen LogP contribution in [-0.4, -0.2) is 81.1 Å². The van der Waals surface area contributed by atoms with Gasteiger partial charge in [-0.3, -0.25) is 9.10 Å². The molecule has 2 aromatic rings. The summed E-state index contributed by atoms with van der Waals surface area (Å²) in [6.07, 6.45) is 4.52. The number of amides is 1. The molecule has 4 atom stereocenters. The minimum Gasteiger partial charge on any atom is -0.490 e. The molecule has 0 saturated heterocycles. The molecule has 0 unspecified atom stereocenters. The Morgan fingerprint density at radius 2 is 2.07 bits per heavy atom. The summed E-state index contributed by atoms with van der Waals surface area (Å²) in [4.78, 5) is 21.4. The van der Waals surface area contributed by atoms with E-state index in [1.807, 2.05) is 0 Å². The molecule has 11 nitrogen and oxygen atoms in total. The number of aliphatic hydroxyl groups is 1. The smallest absolute Gasteiger partial charge is 0.251 e. The van der Waals surface area contributed by atoms with E-state index in [9.17, 15) is 22.7 Å². The van der Waals surface area contributed by atoms with Gasteiger partial charge in [-0.15, -0.1) is 0 Å². The maximum Gasteiger partial charge on any atom is 0.251 e. The fourth-order valence-corrected chi connectivity index (χ4v) is 4.40. The van der Waals surface area contributed by atoms with Gasteiger partial charge in [0.1, 0.15) is 24.0 Å². The van der Waals surface area contributed by atoms with E-state index in [0.29, 0.717) is 36.7 Å². The number of aromatic nitrogens is 2. The largest absolute Gasteiger partial charge is 0.490 e. The third-order valence-electron chi connectivity index (χ3n) is 7.08. The van der Waals surface area contributed by atoms with Crippen molar-refractivity contribution in [3.63, 3.8) is 0 Å². The maximum atomic E-state index is 13.4. The second-order valence-electron chi connectivity index (χ2n) is 10.7. The molecule has 1 amide bonds. The van der Waals surface area contributed by atoms with Crippen molar-refractivity contribution >= 4 is 27.6 Å². The number of anilines is 2. The van der Waals surface area contributed by atoms with Crippen LogP contribution in [0, 0.1) is 35.5 Å². The van der Waals surface area contributed by atoms with Crippen molar-refractivity contribution in [2.45, 2.75) is 38.3 Å². The Hall–Kier alpha value is -3.47. The zero-order valence-corrected chi connectivity index (χ0v) is 24.2. The molecule has 4 rings (SSSR count). The first-order valence-corrected chi connectivity index (χ1v) is 15.5. The Balaban J connectivity index is 1.49. The quantitative estimate of drug-likeness (QED) is 0.147. The first kappa shape index (κ1) is 30.5. The molecule has 2 saturated carbocycles. The average molecular weight is 589 g/mol. The summed E-state index contributed by atoms with van der Waals surface area (Å²) in [5, 5.41) is 20.0. The van der Waals surface area contributed by atoms with Gasteiger partial charge in [-0.25, -0.2) is 18.4 Å². The number of halogens is 1. The van der Waals surface area contributed by atoms with E-state index >= 15 is 0 Å². The molecule has 0 spiro atoms. The van der Waals surface area contributed by atoms with Crippen LogP contribution in [0.3, 0.4) is 0 Å². The van der Waals surface area contributed by atoms with Gasteiger partial charge in [-0.2, -0.15) is 4.39 Å². The van der Waals surface area contributed by atoms with Gasteiger partial charge in [0.15, 0.2) is 0 Å². The number of aliphatic hydroxyl groups excluding tert-OH is 1. The third kappa shape index (κ3) is 9.55. The standard InChI is InChI=1S/C28H37FN6O5S/c1-18-11-21(18)14-32-26-12-20(13-27(34-26)35(2)41(3,38)39)28(37)33-23(17-40-22-8-9-25(29)31-15-22)24(36)16-30-10-4-5-19-6-7-19/h8-9,12-13,15,18-19,21,23-24,30,36H,6-7,10-11,14,16-17H2,1-3H3,(H,32,34)(H,33,37)/t18-,21+,23-,24+/m0/s1. The first-order valence-electron chi connectivity index (χ1n) is 13.6. The average Bonchev–Trinajstić information content (AvgIpc) is 3.87. The second-order valence-corrected chi connectivity index (χ2v) is 12.7. The minimum atomic E-state index is -3.64. The molecule has 0 radical (unpaired) electrons. The summed E-state index contributed by atoms with van der Waals surface area (Å²) in [6.45, 7) is 3.17. The molecule has 0 aliphatic heterocycles. The van der Waals surface area contributed by atoms with E-state index in [-0.39, 0.29) is 30.3 Å². The van der Waals surface area contributed by atoms with Gasteiger partial charge in [-0.05, 0) is 55.4 Å². The van der Waals surface area contributed by atoms with Crippen molar-refractivity contribution in [3.8, 4) is 17.6 Å². The van der Waals surface area contributed by atoms with E-state index in [2.05, 4.69) is 44.7 Å². The molecule has 4 N–H and O–H groups in total. The Morgan fingerprint density at radius 1 is 1.32 bits per heavy atom. The molecule has 2 aromatic heterocycles. The lowest BCUT2D eigenvalue weighted by molar-refractivity contribution is 0.0737. The molecular weight excluding hydrogens is 551 g/mol. The summed E-state index contributed by atoms with van der Waals surface area (Å²) >= 11 is 0. The second kappa shape index (κ2) is 13.5. The van der Waals surface area contributed by atoms with Crippen molar-refractivity contribution in [2.24, 2.45) is 17.8 Å². The molecule has 2 aliphatic carbocycles. The molecule has 0 aromatic carbocycles. The summed E-state index contributed by atoms with van der Waals surface area (Å²) < 4.78 is 44.3. The topological polar surface area (TPSA) is 146 Å². The van der Waals surface area contributed by atoms with Gasteiger partial charge in [-0.1, -0.05) is 18.8 Å². The van der Waals surface area contributed by atoms with Crippen LogP contribution in [0.5, 0.6) is 5.75 Å². The Morgan fingerprint density at radius 3 is 2.71 bits per heavy atom. The lowest BCUT2D eigenvalue weighted by Crippen LogP contribution is -2.50. The lowest BCUT2D eigenvalue weighted by atomic mass is 10.1. The molecule has 2 fully saturated rings. The van der Waals surface area contributed by atoms with Crippen LogP contribution in [0.4, 0.5) is 16.0 Å². The van der Waals surface area contributed by atoms with Gasteiger partial charge in [0, 0.05) is 31.6 Å². The molecule has 2 heterocycles. The van der Waals surface area contributed by atoms with Gasteiger partial charge >= 0.3 is 0 Å². The summed E-state index contributed by atoms with van der Waals surface area (Å²) in [7, 11) is -2.28. The zero-order chi connectivity index (χ0) is 29.6. The highest BCUT2D eigenvalue weighted by Crippen LogP contribution is 2.37. The SMILES string of the molecule is C[C@H]1C[C@@H]1CNc1cc(C(=O)N[C@@H](COc2ccc(F)nc2)[C@H](O)CNCC#CC2CC2)cc(N(C)S(C)(=O)=O)n1. The fourth-order valence-electron chi connectivity index (χ4n) is 3.97. The van der Waals surface area contributed by atoms with Gasteiger partial charge < -0.3 is 25.8 Å². The molecule has 222 valence electrons. The van der Waals surface area contributed by atoms with Crippen LogP contribution in [0.25, 0.3) is 0 Å². The highest BCUT2D eigenvalue weighted by Gasteiger charge is 2.32.